The van der Waals surface area contributed by atoms with Gasteiger partial charge in [0.05, 0.1) is 33.7 Å². The summed E-state index contributed by atoms with van der Waals surface area (Å²) >= 11 is 0. The zero-order chi connectivity index (χ0) is 24.5. The lowest BCUT2D eigenvalue weighted by Gasteiger charge is -2.26. The molecule has 0 spiro atoms. The van der Waals surface area contributed by atoms with Crippen LogP contribution in [0.4, 0.5) is 15.8 Å². The number of aromatic nitrogens is 2. The number of anilines is 2. The number of hydrogen-bond donors (Lipinski definition) is 1. The quantitative estimate of drug-likeness (QED) is 0.574. The number of nitrogens with zero attached hydrogens (tertiary/aromatic N) is 4. The molecule has 1 fully saturated rings. The van der Waals surface area contributed by atoms with E-state index in [0.717, 1.165) is 19.3 Å². The molecule has 180 valence electrons. The standard InChI is InChI=1S/C24H28FN5O3S/c1-17-19(16-26-30(17)22-10-6-5-9-20(22)25)24(31)27-21-15-18(11-12-23(21)28(2)3)34(32,33)29-13-7-4-8-14-29/h5-6,9-12,15-16H,4,7-8,13-14H2,1-3H3,(H,27,31). The fourth-order valence-corrected chi connectivity index (χ4v) is 5.65. The molecule has 0 atom stereocenters. The van der Waals surface area contributed by atoms with Crippen LogP contribution < -0.4 is 10.2 Å². The molecule has 1 aliphatic heterocycles. The van der Waals surface area contributed by atoms with Crippen molar-refractivity contribution in [3.8, 4) is 5.69 Å². The molecule has 1 N–H and O–H groups in total. The van der Waals surface area contributed by atoms with Crippen molar-refractivity contribution in [2.24, 2.45) is 0 Å². The Labute approximate surface area is 199 Å². The first-order valence-electron chi connectivity index (χ1n) is 11.1. The van der Waals surface area contributed by atoms with Crippen molar-refractivity contribution in [2.75, 3.05) is 37.4 Å². The van der Waals surface area contributed by atoms with Gasteiger partial charge in [0, 0.05) is 27.2 Å². The zero-order valence-electron chi connectivity index (χ0n) is 19.5. The van der Waals surface area contributed by atoms with Gasteiger partial charge in [-0.25, -0.2) is 17.5 Å². The Morgan fingerprint density at radius 1 is 1.09 bits per heavy atom. The second-order valence-corrected chi connectivity index (χ2v) is 10.4. The highest BCUT2D eigenvalue weighted by atomic mass is 32.2. The van der Waals surface area contributed by atoms with Crippen molar-refractivity contribution in [2.45, 2.75) is 31.1 Å². The average molecular weight is 486 g/mol. The van der Waals surface area contributed by atoms with Crippen LogP contribution in [0.2, 0.25) is 0 Å². The van der Waals surface area contributed by atoms with E-state index in [1.807, 2.05) is 14.1 Å². The second kappa shape index (κ2) is 9.55. The van der Waals surface area contributed by atoms with E-state index in [0.29, 0.717) is 30.2 Å². The monoisotopic (exact) mass is 485 g/mol. The van der Waals surface area contributed by atoms with E-state index in [-0.39, 0.29) is 16.1 Å². The topological polar surface area (TPSA) is 87.5 Å². The smallest absolute Gasteiger partial charge is 0.259 e. The molecule has 10 heteroatoms. The molecule has 1 aromatic heterocycles. The summed E-state index contributed by atoms with van der Waals surface area (Å²) in [6.45, 7) is 2.67. The first-order valence-corrected chi connectivity index (χ1v) is 12.6. The van der Waals surface area contributed by atoms with E-state index in [1.54, 1.807) is 42.2 Å². The number of carbonyl (C=O) groups is 1. The van der Waals surface area contributed by atoms with Gasteiger partial charge < -0.3 is 10.2 Å². The Bertz CT molecular complexity index is 1310. The van der Waals surface area contributed by atoms with Crippen LogP contribution in [0.5, 0.6) is 0 Å². The van der Waals surface area contributed by atoms with E-state index in [9.17, 15) is 17.6 Å². The summed E-state index contributed by atoms with van der Waals surface area (Å²) in [5.74, 6) is -0.915. The van der Waals surface area contributed by atoms with Crippen molar-refractivity contribution in [3.63, 3.8) is 0 Å². The molecule has 8 nitrogen and oxygen atoms in total. The molecule has 0 bridgehead atoms. The van der Waals surface area contributed by atoms with Gasteiger partial charge in [0.25, 0.3) is 5.91 Å². The van der Waals surface area contributed by atoms with Crippen LogP contribution in [0.3, 0.4) is 0 Å². The lowest BCUT2D eigenvalue weighted by molar-refractivity contribution is 0.102. The van der Waals surface area contributed by atoms with Crippen LogP contribution in [0.1, 0.15) is 35.3 Å². The van der Waals surface area contributed by atoms with E-state index in [2.05, 4.69) is 10.4 Å². The molecule has 1 saturated heterocycles. The van der Waals surface area contributed by atoms with Gasteiger partial charge in [0.2, 0.25) is 10.0 Å². The number of para-hydroxylation sites is 1. The minimum atomic E-state index is -3.67. The molecule has 1 amide bonds. The fraction of sp³-hybridized carbons (Fsp3) is 0.333. The highest BCUT2D eigenvalue weighted by Crippen LogP contribution is 2.31. The number of amides is 1. The summed E-state index contributed by atoms with van der Waals surface area (Å²) in [6, 6.07) is 10.9. The Balaban J connectivity index is 1.66. The van der Waals surface area contributed by atoms with Crippen LogP contribution >= 0.6 is 0 Å². The molecule has 1 aliphatic rings. The molecule has 3 aromatic rings. The van der Waals surface area contributed by atoms with Crippen LogP contribution in [0.15, 0.2) is 53.6 Å². The fourth-order valence-electron chi connectivity index (χ4n) is 4.11. The molecular formula is C24H28FN5O3S. The van der Waals surface area contributed by atoms with Gasteiger partial charge in [0.15, 0.2) is 0 Å². The Morgan fingerprint density at radius 3 is 2.47 bits per heavy atom. The molecule has 2 heterocycles. The predicted octanol–water partition coefficient (Wildman–Crippen LogP) is 3.81. The van der Waals surface area contributed by atoms with E-state index < -0.39 is 21.7 Å². The molecule has 4 rings (SSSR count). The lowest BCUT2D eigenvalue weighted by atomic mass is 10.2. The first kappa shape index (κ1) is 23.9. The summed E-state index contributed by atoms with van der Waals surface area (Å²) in [6.07, 6.45) is 4.07. The van der Waals surface area contributed by atoms with Crippen molar-refractivity contribution in [3.05, 3.63) is 65.7 Å². The third-order valence-corrected chi connectivity index (χ3v) is 7.88. The third kappa shape index (κ3) is 4.55. The predicted molar refractivity (Wildman–Crippen MR) is 130 cm³/mol. The minimum Gasteiger partial charge on any atom is -0.376 e. The lowest BCUT2D eigenvalue weighted by Crippen LogP contribution is -2.35. The molecule has 0 saturated carbocycles. The van der Waals surface area contributed by atoms with Crippen LogP contribution in [0, 0.1) is 12.7 Å². The SMILES string of the molecule is Cc1c(C(=O)Nc2cc(S(=O)(=O)N3CCCCC3)ccc2N(C)C)cnn1-c1ccccc1F. The normalized spacial score (nSPS) is 14.7. The third-order valence-electron chi connectivity index (χ3n) is 5.99. The second-order valence-electron chi connectivity index (χ2n) is 8.50. The van der Waals surface area contributed by atoms with Gasteiger partial charge in [-0.2, -0.15) is 9.40 Å². The minimum absolute atomic E-state index is 0.133. The molecule has 0 aliphatic carbocycles. The maximum Gasteiger partial charge on any atom is 0.259 e. The summed E-state index contributed by atoms with van der Waals surface area (Å²) in [5.41, 5.74) is 1.99. The zero-order valence-corrected chi connectivity index (χ0v) is 20.3. The summed E-state index contributed by atoms with van der Waals surface area (Å²) < 4.78 is 43.4. The Morgan fingerprint density at radius 2 is 1.79 bits per heavy atom. The summed E-state index contributed by atoms with van der Waals surface area (Å²) in [4.78, 5) is 15.1. The van der Waals surface area contributed by atoms with Gasteiger partial charge >= 0.3 is 0 Å². The van der Waals surface area contributed by atoms with Gasteiger partial charge in [0.1, 0.15) is 11.5 Å². The van der Waals surface area contributed by atoms with Gasteiger partial charge in [-0.15, -0.1) is 0 Å². The highest BCUT2D eigenvalue weighted by Gasteiger charge is 2.27. The number of sulfonamides is 1. The van der Waals surface area contributed by atoms with E-state index >= 15 is 0 Å². The van der Waals surface area contributed by atoms with Crippen LogP contribution in [-0.4, -0.2) is 55.6 Å². The summed E-state index contributed by atoms with van der Waals surface area (Å²) in [7, 11) is -0.0453. The Kier molecular flexibility index (Phi) is 6.72. The first-order chi connectivity index (χ1) is 16.2. The van der Waals surface area contributed by atoms with Gasteiger partial charge in [-0.3, -0.25) is 4.79 Å². The molecular weight excluding hydrogens is 457 g/mol. The molecule has 2 aromatic carbocycles. The average Bonchev–Trinajstić information content (AvgIpc) is 3.21. The van der Waals surface area contributed by atoms with Crippen LogP contribution in [-0.2, 0) is 10.0 Å². The maximum atomic E-state index is 14.2. The largest absolute Gasteiger partial charge is 0.376 e. The van der Waals surface area contributed by atoms with Crippen molar-refractivity contribution in [1.29, 1.82) is 0 Å². The molecule has 34 heavy (non-hydrogen) atoms. The Hall–Kier alpha value is -3.24. The number of rotatable bonds is 6. The van der Waals surface area contributed by atoms with Gasteiger partial charge in [-0.05, 0) is 50.1 Å². The number of piperidine rings is 1. The molecule has 0 radical (unpaired) electrons. The summed E-state index contributed by atoms with van der Waals surface area (Å²) in [5, 5.41) is 7.02. The highest BCUT2D eigenvalue weighted by molar-refractivity contribution is 7.89. The van der Waals surface area contributed by atoms with Crippen molar-refractivity contribution in [1.82, 2.24) is 14.1 Å². The van der Waals surface area contributed by atoms with E-state index in [4.69, 9.17) is 0 Å². The number of hydrogen-bond acceptors (Lipinski definition) is 5. The van der Waals surface area contributed by atoms with Gasteiger partial charge in [-0.1, -0.05) is 18.6 Å². The number of benzene rings is 2. The van der Waals surface area contributed by atoms with Crippen LogP contribution in [0.25, 0.3) is 5.69 Å². The number of halogens is 1. The molecule has 0 unspecified atom stereocenters. The number of carbonyl (C=O) groups excluding carboxylic acids is 1. The maximum absolute atomic E-state index is 14.2. The number of nitrogens with one attached hydrogen (secondary N) is 1. The van der Waals surface area contributed by atoms with E-state index in [1.165, 1.54) is 27.3 Å². The van der Waals surface area contributed by atoms with Crippen molar-refractivity contribution < 1.29 is 17.6 Å². The van der Waals surface area contributed by atoms with Crippen molar-refractivity contribution >= 4 is 27.3 Å².